The number of hydrogen-bond donors (Lipinski definition) is 2. The van der Waals surface area contributed by atoms with E-state index in [1.165, 1.54) is 23.5 Å². The third-order valence-electron chi connectivity index (χ3n) is 5.30. The van der Waals surface area contributed by atoms with Crippen molar-refractivity contribution in [1.82, 2.24) is 9.29 Å². The number of aromatic nitrogens is 1. The van der Waals surface area contributed by atoms with Gasteiger partial charge in [0, 0.05) is 24.5 Å². The zero-order valence-corrected chi connectivity index (χ0v) is 21.3. The van der Waals surface area contributed by atoms with E-state index >= 15 is 0 Å². The van der Waals surface area contributed by atoms with E-state index in [2.05, 4.69) is 9.71 Å². The number of para-hydroxylation sites is 1. The van der Waals surface area contributed by atoms with Crippen LogP contribution in [-0.4, -0.2) is 27.9 Å². The molecule has 4 aromatic rings. The van der Waals surface area contributed by atoms with Gasteiger partial charge in [-0.2, -0.15) is 0 Å². The maximum atomic E-state index is 12.9. The molecule has 0 aliphatic carbocycles. The summed E-state index contributed by atoms with van der Waals surface area (Å²) in [6, 6.07) is 22.4. The van der Waals surface area contributed by atoms with E-state index in [0.717, 1.165) is 27.3 Å². The van der Waals surface area contributed by atoms with Crippen LogP contribution in [-0.2, 0) is 33.5 Å². The monoisotopic (exact) mass is 528 g/mol. The molecule has 0 atom stereocenters. The van der Waals surface area contributed by atoms with Crippen molar-refractivity contribution in [1.29, 1.82) is 0 Å². The molecule has 0 unspecified atom stereocenters. The smallest absolute Gasteiger partial charge is 0.240 e. The molecule has 1 heterocycles. The molecule has 0 bridgehead atoms. The highest BCUT2D eigenvalue weighted by Crippen LogP contribution is 2.23. The Balaban J connectivity index is 1.49. The van der Waals surface area contributed by atoms with E-state index in [-0.39, 0.29) is 16.3 Å². The van der Waals surface area contributed by atoms with Gasteiger partial charge in [0.1, 0.15) is 0 Å². The van der Waals surface area contributed by atoms with Crippen molar-refractivity contribution in [2.24, 2.45) is 17.2 Å². The standard InChI is InChI=1S/C24H24N4O4S3/c1-28-23(17-33-24(28)27-20-7-3-2-4-8-20)19-6-5-9-22(16-19)35(31,32)26-15-14-18-10-12-21(13-11-18)34(25,29)30/h2-13,16-17,26H,14-15H2,1H3,(H2,25,29,30). The lowest BCUT2D eigenvalue weighted by atomic mass is 10.2. The van der Waals surface area contributed by atoms with Gasteiger partial charge in [-0.1, -0.05) is 42.5 Å². The molecule has 0 saturated carbocycles. The van der Waals surface area contributed by atoms with Gasteiger partial charge in [0.25, 0.3) is 0 Å². The van der Waals surface area contributed by atoms with Gasteiger partial charge in [-0.3, -0.25) is 0 Å². The van der Waals surface area contributed by atoms with Crippen LogP contribution >= 0.6 is 11.3 Å². The maximum absolute atomic E-state index is 12.9. The summed E-state index contributed by atoms with van der Waals surface area (Å²) in [7, 11) is -5.61. The van der Waals surface area contributed by atoms with Gasteiger partial charge >= 0.3 is 0 Å². The van der Waals surface area contributed by atoms with Crippen LogP contribution in [0.1, 0.15) is 5.56 Å². The predicted molar refractivity (Wildman–Crippen MR) is 137 cm³/mol. The van der Waals surface area contributed by atoms with Gasteiger partial charge in [0.05, 0.1) is 21.2 Å². The van der Waals surface area contributed by atoms with E-state index in [4.69, 9.17) is 5.14 Å². The topological polar surface area (TPSA) is 124 Å². The van der Waals surface area contributed by atoms with Gasteiger partial charge in [-0.15, -0.1) is 11.3 Å². The molecule has 0 aliphatic heterocycles. The maximum Gasteiger partial charge on any atom is 0.240 e. The molecule has 11 heteroatoms. The Hall–Kier alpha value is -3.09. The highest BCUT2D eigenvalue weighted by Gasteiger charge is 2.16. The first kappa shape index (κ1) is 25.0. The number of nitrogens with one attached hydrogen (secondary N) is 1. The van der Waals surface area contributed by atoms with Crippen LogP contribution in [0.15, 0.2) is 99.0 Å². The van der Waals surface area contributed by atoms with Crippen LogP contribution in [0.5, 0.6) is 0 Å². The molecular formula is C24H24N4O4S3. The molecule has 0 amide bonds. The number of primary sulfonamides is 1. The molecule has 182 valence electrons. The first-order chi connectivity index (χ1) is 16.6. The molecule has 3 aromatic carbocycles. The number of nitrogens with two attached hydrogens (primary N) is 1. The number of nitrogens with zero attached hydrogens (tertiary/aromatic N) is 2. The molecule has 0 spiro atoms. The first-order valence-corrected chi connectivity index (χ1v) is 14.5. The zero-order chi connectivity index (χ0) is 25.1. The molecule has 35 heavy (non-hydrogen) atoms. The summed E-state index contributed by atoms with van der Waals surface area (Å²) < 4.78 is 53.0. The first-order valence-electron chi connectivity index (χ1n) is 10.6. The molecule has 0 saturated heterocycles. The largest absolute Gasteiger partial charge is 0.320 e. The van der Waals surface area contributed by atoms with Crippen molar-refractivity contribution in [3.63, 3.8) is 0 Å². The predicted octanol–water partition coefficient (Wildman–Crippen LogP) is 3.15. The average molecular weight is 529 g/mol. The summed E-state index contributed by atoms with van der Waals surface area (Å²) in [6.07, 6.45) is 0.396. The molecule has 4 rings (SSSR count). The number of thiazole rings is 1. The number of sulfonamides is 2. The molecule has 0 fully saturated rings. The Morgan fingerprint density at radius 3 is 2.31 bits per heavy atom. The Labute approximate surface area is 208 Å². The van der Waals surface area contributed by atoms with Gasteiger partial charge in [-0.25, -0.2) is 31.7 Å². The molecule has 3 N–H and O–H groups in total. The molecule has 1 aromatic heterocycles. The fraction of sp³-hybridized carbons (Fsp3) is 0.125. The van der Waals surface area contributed by atoms with E-state index in [0.29, 0.717) is 6.42 Å². The molecule has 8 nitrogen and oxygen atoms in total. The SMILES string of the molecule is Cn1c(-c2cccc(S(=O)(=O)NCCc3ccc(S(N)(=O)=O)cc3)c2)csc1=Nc1ccccc1. The van der Waals surface area contributed by atoms with Crippen LogP contribution in [0.4, 0.5) is 5.69 Å². The fourth-order valence-corrected chi connectivity index (χ4v) is 5.95. The van der Waals surface area contributed by atoms with Crippen LogP contribution in [0.25, 0.3) is 11.3 Å². The van der Waals surface area contributed by atoms with Crippen molar-refractivity contribution in [2.45, 2.75) is 16.2 Å². The van der Waals surface area contributed by atoms with Crippen molar-refractivity contribution >= 4 is 37.1 Å². The lowest BCUT2D eigenvalue weighted by Gasteiger charge is -2.09. The molecule has 0 aliphatic rings. The normalized spacial score (nSPS) is 12.7. The summed E-state index contributed by atoms with van der Waals surface area (Å²) in [6.45, 7) is 0.160. The number of hydrogen-bond acceptors (Lipinski definition) is 6. The molecule has 0 radical (unpaired) electrons. The number of benzene rings is 3. The van der Waals surface area contributed by atoms with Gasteiger partial charge in [0.2, 0.25) is 20.0 Å². The second-order valence-electron chi connectivity index (χ2n) is 7.77. The highest BCUT2D eigenvalue weighted by atomic mass is 32.2. The Morgan fingerprint density at radius 2 is 1.63 bits per heavy atom. The van der Waals surface area contributed by atoms with Gasteiger partial charge in [-0.05, 0) is 48.4 Å². The third kappa shape index (κ3) is 6.13. The van der Waals surface area contributed by atoms with E-state index in [1.54, 1.807) is 30.3 Å². The lowest BCUT2D eigenvalue weighted by Crippen LogP contribution is -2.26. The van der Waals surface area contributed by atoms with Crippen LogP contribution in [0.2, 0.25) is 0 Å². The number of rotatable bonds is 8. The highest BCUT2D eigenvalue weighted by molar-refractivity contribution is 7.89. The van der Waals surface area contributed by atoms with E-state index < -0.39 is 20.0 Å². The second kappa shape index (κ2) is 10.3. The van der Waals surface area contributed by atoms with Gasteiger partial charge < -0.3 is 4.57 Å². The Bertz CT molecular complexity index is 1610. The Kier molecular flexibility index (Phi) is 7.33. The van der Waals surface area contributed by atoms with Crippen molar-refractivity contribution in [2.75, 3.05) is 6.54 Å². The van der Waals surface area contributed by atoms with Crippen molar-refractivity contribution < 1.29 is 16.8 Å². The van der Waals surface area contributed by atoms with E-state index in [9.17, 15) is 16.8 Å². The summed E-state index contributed by atoms with van der Waals surface area (Å²) in [5.41, 5.74) is 3.25. The van der Waals surface area contributed by atoms with Crippen molar-refractivity contribution in [3.05, 3.63) is 94.6 Å². The zero-order valence-electron chi connectivity index (χ0n) is 18.8. The minimum absolute atomic E-state index is 0.0139. The summed E-state index contributed by atoms with van der Waals surface area (Å²) in [5.74, 6) is 0. The summed E-state index contributed by atoms with van der Waals surface area (Å²) in [4.78, 5) is 5.63. The second-order valence-corrected chi connectivity index (χ2v) is 11.9. The van der Waals surface area contributed by atoms with Crippen LogP contribution in [0, 0.1) is 0 Å². The molecular weight excluding hydrogens is 504 g/mol. The van der Waals surface area contributed by atoms with E-state index in [1.807, 2.05) is 53.4 Å². The third-order valence-corrected chi connectivity index (χ3v) is 8.61. The van der Waals surface area contributed by atoms with Crippen LogP contribution < -0.4 is 14.7 Å². The Morgan fingerprint density at radius 1 is 0.914 bits per heavy atom. The summed E-state index contributed by atoms with van der Waals surface area (Å²) in [5, 5.41) is 7.05. The van der Waals surface area contributed by atoms with Gasteiger partial charge in [0.15, 0.2) is 4.80 Å². The summed E-state index contributed by atoms with van der Waals surface area (Å²) >= 11 is 1.48. The average Bonchev–Trinajstić information content (AvgIpc) is 3.19. The quantitative estimate of drug-likeness (QED) is 0.365. The van der Waals surface area contributed by atoms with Crippen LogP contribution in [0.3, 0.4) is 0 Å². The minimum Gasteiger partial charge on any atom is -0.320 e. The fourth-order valence-electron chi connectivity index (χ4n) is 3.43. The van der Waals surface area contributed by atoms with Crippen molar-refractivity contribution in [3.8, 4) is 11.3 Å². The minimum atomic E-state index is -3.76. The lowest BCUT2D eigenvalue weighted by molar-refractivity contribution is 0.581.